The van der Waals surface area contributed by atoms with E-state index in [1.807, 2.05) is 18.2 Å². The normalized spacial score (nSPS) is 15.5. The van der Waals surface area contributed by atoms with Gasteiger partial charge in [-0.05, 0) is 78.3 Å². The van der Waals surface area contributed by atoms with Crippen molar-refractivity contribution in [1.82, 2.24) is 10.2 Å². The Morgan fingerprint density at radius 3 is 2.30 bits per heavy atom. The molecule has 37 heavy (non-hydrogen) atoms. The number of benzene rings is 3. The number of nitrogens with zero attached hydrogens (tertiary/aromatic N) is 1. The molecule has 1 aromatic heterocycles. The Labute approximate surface area is 223 Å². The predicted octanol–water partition coefficient (Wildman–Crippen LogP) is 5.86. The Hall–Kier alpha value is -3.10. The van der Waals surface area contributed by atoms with Crippen LogP contribution in [0.2, 0.25) is 5.02 Å². The molecule has 190 valence electrons. The SMILES string of the molecule is O=C(N[C@H](CN1CCCC1)[C@H](O)c1ccc(-c2ccc(F)cc2)cc1)C(=O)c1cc2ccc(Cl)cc2s1. The number of aliphatic hydroxyl groups excluding tert-OH is 1. The molecule has 0 spiro atoms. The zero-order valence-electron chi connectivity index (χ0n) is 20.0. The standard InChI is InChI=1S/C29H26ClFN2O3S/c30-22-10-7-21-15-26(37-25(21)16-22)28(35)29(36)32-24(17-33-13-1-2-14-33)27(34)20-5-3-18(4-6-20)19-8-11-23(31)12-9-19/h3-12,15-16,24,27,34H,1-2,13-14,17H2,(H,32,36)/t24-,27-/m1/s1. The van der Waals surface area contributed by atoms with Crippen molar-refractivity contribution in [3.63, 3.8) is 0 Å². The number of aliphatic hydroxyl groups is 1. The summed E-state index contributed by atoms with van der Waals surface area (Å²) in [5.41, 5.74) is 2.37. The average molecular weight is 537 g/mol. The van der Waals surface area contributed by atoms with Crippen molar-refractivity contribution >= 4 is 44.7 Å². The number of halogens is 2. The number of amides is 1. The Balaban J connectivity index is 1.34. The van der Waals surface area contributed by atoms with Crippen LogP contribution in [0, 0.1) is 5.82 Å². The summed E-state index contributed by atoms with van der Waals surface area (Å²) in [6.07, 6.45) is 1.11. The van der Waals surface area contributed by atoms with Crippen molar-refractivity contribution < 1.29 is 19.1 Å². The lowest BCUT2D eigenvalue weighted by molar-refractivity contribution is -0.118. The van der Waals surface area contributed by atoms with Crippen LogP contribution in [-0.4, -0.2) is 47.4 Å². The lowest BCUT2D eigenvalue weighted by atomic mass is 9.98. The highest BCUT2D eigenvalue weighted by Gasteiger charge is 2.29. The van der Waals surface area contributed by atoms with Crippen molar-refractivity contribution in [3.8, 4) is 11.1 Å². The minimum atomic E-state index is -1.01. The van der Waals surface area contributed by atoms with Gasteiger partial charge in [-0.1, -0.05) is 54.1 Å². The third-order valence-electron chi connectivity index (χ3n) is 6.69. The van der Waals surface area contributed by atoms with Gasteiger partial charge < -0.3 is 15.3 Å². The van der Waals surface area contributed by atoms with Crippen molar-refractivity contribution in [1.29, 1.82) is 0 Å². The summed E-state index contributed by atoms with van der Waals surface area (Å²) < 4.78 is 14.1. The van der Waals surface area contributed by atoms with Crippen LogP contribution in [0.3, 0.4) is 0 Å². The number of ketones is 1. The van der Waals surface area contributed by atoms with Gasteiger partial charge in [-0.25, -0.2) is 4.39 Å². The second-order valence-corrected chi connectivity index (χ2v) is 10.8. The molecule has 1 aliphatic rings. The molecular weight excluding hydrogens is 511 g/mol. The summed E-state index contributed by atoms with van der Waals surface area (Å²) >= 11 is 7.28. The molecule has 1 amide bonds. The third kappa shape index (κ3) is 5.91. The highest BCUT2D eigenvalue weighted by atomic mass is 35.5. The van der Waals surface area contributed by atoms with E-state index in [9.17, 15) is 19.1 Å². The number of thiophene rings is 1. The zero-order valence-corrected chi connectivity index (χ0v) is 21.6. The maximum absolute atomic E-state index is 13.3. The van der Waals surface area contributed by atoms with Crippen LogP contribution in [-0.2, 0) is 4.79 Å². The molecule has 5 nitrogen and oxygen atoms in total. The fraction of sp³-hybridized carbons (Fsp3) is 0.241. The number of fused-ring (bicyclic) bond motifs is 1. The quantitative estimate of drug-likeness (QED) is 0.219. The van der Waals surface area contributed by atoms with Gasteiger partial charge in [0, 0.05) is 16.3 Å². The van der Waals surface area contributed by atoms with E-state index in [0.29, 0.717) is 22.0 Å². The fourth-order valence-corrected chi connectivity index (χ4v) is 5.95. The van der Waals surface area contributed by atoms with Gasteiger partial charge in [0.1, 0.15) is 11.9 Å². The first-order valence-corrected chi connectivity index (χ1v) is 13.4. The van der Waals surface area contributed by atoms with E-state index in [0.717, 1.165) is 47.1 Å². The second-order valence-electron chi connectivity index (χ2n) is 9.28. The van der Waals surface area contributed by atoms with E-state index in [1.165, 1.54) is 23.5 Å². The van der Waals surface area contributed by atoms with E-state index < -0.39 is 23.8 Å². The van der Waals surface area contributed by atoms with Crippen LogP contribution in [0.15, 0.2) is 72.8 Å². The van der Waals surface area contributed by atoms with Gasteiger partial charge in [0.05, 0.1) is 10.9 Å². The summed E-state index contributed by atoms with van der Waals surface area (Å²) in [7, 11) is 0. The molecule has 5 rings (SSSR count). The number of carbonyl (C=O) groups is 2. The smallest absolute Gasteiger partial charge is 0.293 e. The van der Waals surface area contributed by atoms with Gasteiger partial charge in [-0.15, -0.1) is 11.3 Å². The van der Waals surface area contributed by atoms with Crippen molar-refractivity contribution in [2.45, 2.75) is 25.0 Å². The van der Waals surface area contributed by atoms with Gasteiger partial charge in [-0.3, -0.25) is 9.59 Å². The lowest BCUT2D eigenvalue weighted by Crippen LogP contribution is -2.48. The Kier molecular flexibility index (Phi) is 7.67. The Morgan fingerprint density at radius 2 is 1.62 bits per heavy atom. The Morgan fingerprint density at radius 1 is 0.973 bits per heavy atom. The maximum Gasteiger partial charge on any atom is 0.293 e. The fourth-order valence-electron chi connectivity index (χ4n) is 4.68. The summed E-state index contributed by atoms with van der Waals surface area (Å²) in [5, 5.41) is 15.5. The molecule has 4 aromatic rings. The molecule has 2 heterocycles. The first kappa shape index (κ1) is 25.5. The minimum Gasteiger partial charge on any atom is -0.386 e. The molecule has 0 aliphatic carbocycles. The molecule has 0 radical (unpaired) electrons. The molecule has 0 bridgehead atoms. The molecule has 1 fully saturated rings. The van der Waals surface area contributed by atoms with Crippen LogP contribution >= 0.6 is 22.9 Å². The van der Waals surface area contributed by atoms with Crippen molar-refractivity contribution in [2.24, 2.45) is 0 Å². The van der Waals surface area contributed by atoms with Gasteiger partial charge in [0.2, 0.25) is 0 Å². The summed E-state index contributed by atoms with van der Waals surface area (Å²) in [6.45, 7) is 2.20. The van der Waals surface area contributed by atoms with Gasteiger partial charge >= 0.3 is 0 Å². The van der Waals surface area contributed by atoms with E-state index in [2.05, 4.69) is 10.2 Å². The van der Waals surface area contributed by atoms with Crippen LogP contribution in [0.25, 0.3) is 21.2 Å². The number of Topliss-reactive ketones (excluding diaryl/α,β-unsaturated/α-hetero) is 1. The van der Waals surface area contributed by atoms with Crippen LogP contribution in [0.4, 0.5) is 4.39 Å². The molecule has 1 aliphatic heterocycles. The largest absolute Gasteiger partial charge is 0.386 e. The molecule has 2 atom stereocenters. The summed E-state index contributed by atoms with van der Waals surface area (Å²) in [5.74, 6) is -1.68. The van der Waals surface area contributed by atoms with Crippen LogP contribution < -0.4 is 5.32 Å². The Bertz CT molecular complexity index is 1420. The van der Waals surface area contributed by atoms with Crippen LogP contribution in [0.1, 0.15) is 34.2 Å². The minimum absolute atomic E-state index is 0.301. The van der Waals surface area contributed by atoms with E-state index in [1.54, 1.807) is 42.5 Å². The predicted molar refractivity (Wildman–Crippen MR) is 146 cm³/mol. The van der Waals surface area contributed by atoms with E-state index >= 15 is 0 Å². The molecule has 2 N–H and O–H groups in total. The highest BCUT2D eigenvalue weighted by Crippen LogP contribution is 2.29. The topological polar surface area (TPSA) is 69.6 Å². The molecule has 0 unspecified atom stereocenters. The number of nitrogens with one attached hydrogen (secondary N) is 1. The van der Waals surface area contributed by atoms with Gasteiger partial charge in [0.15, 0.2) is 0 Å². The summed E-state index contributed by atoms with van der Waals surface area (Å²) in [4.78, 5) is 28.5. The lowest BCUT2D eigenvalue weighted by Gasteiger charge is -2.28. The molecule has 3 aromatic carbocycles. The first-order valence-electron chi connectivity index (χ1n) is 12.2. The first-order chi connectivity index (χ1) is 17.9. The van der Waals surface area contributed by atoms with Crippen molar-refractivity contribution in [2.75, 3.05) is 19.6 Å². The zero-order chi connectivity index (χ0) is 25.9. The van der Waals surface area contributed by atoms with E-state index in [-0.39, 0.29) is 5.82 Å². The number of hydrogen-bond acceptors (Lipinski definition) is 5. The molecular formula is C29H26ClFN2O3S. The maximum atomic E-state index is 13.3. The van der Waals surface area contributed by atoms with Gasteiger partial charge in [0.25, 0.3) is 11.7 Å². The monoisotopic (exact) mass is 536 g/mol. The number of carbonyl (C=O) groups excluding carboxylic acids is 2. The number of likely N-dealkylation sites (tertiary alicyclic amines) is 1. The van der Waals surface area contributed by atoms with E-state index in [4.69, 9.17) is 11.6 Å². The van der Waals surface area contributed by atoms with Crippen LogP contribution in [0.5, 0.6) is 0 Å². The molecule has 8 heteroatoms. The molecule has 1 saturated heterocycles. The van der Waals surface area contributed by atoms with Crippen molar-refractivity contribution in [3.05, 3.63) is 94.1 Å². The summed E-state index contributed by atoms with van der Waals surface area (Å²) in [6, 6.07) is 19.9. The number of hydrogen-bond donors (Lipinski definition) is 2. The third-order valence-corrected chi connectivity index (χ3v) is 8.02. The van der Waals surface area contributed by atoms with Gasteiger partial charge in [-0.2, -0.15) is 0 Å². The average Bonchev–Trinajstić information content (AvgIpc) is 3.57. The highest BCUT2D eigenvalue weighted by molar-refractivity contribution is 7.21. The number of rotatable bonds is 8. The second kappa shape index (κ2) is 11.1. The molecule has 0 saturated carbocycles.